The molecule has 1 aliphatic carbocycles. The van der Waals surface area contributed by atoms with Crippen LogP contribution in [0.1, 0.15) is 36.1 Å². The standard InChI is InChI=1S/C22H18N4O2/c1-13-2-4-15-8-14(10-23)3-6-17(15)22(13)28-16-5-7-19-18(9-16)21(26-25-19)20-11-24-12-27-20/h3,5-9,11-13,22H,2,4H2,1H3,(H,25,26)/t13-,22+/m1/s1. The van der Waals surface area contributed by atoms with E-state index in [1.807, 2.05) is 36.4 Å². The molecule has 2 aromatic carbocycles. The second-order valence-corrected chi connectivity index (χ2v) is 7.23. The maximum atomic E-state index is 9.17. The minimum Gasteiger partial charge on any atom is -0.485 e. The maximum absolute atomic E-state index is 9.17. The number of aryl methyl sites for hydroxylation is 1. The predicted octanol–water partition coefficient (Wildman–Crippen LogP) is 4.79. The van der Waals surface area contributed by atoms with Crippen molar-refractivity contribution in [1.29, 1.82) is 5.26 Å². The molecule has 2 aromatic heterocycles. The van der Waals surface area contributed by atoms with Crippen molar-refractivity contribution in [2.24, 2.45) is 5.92 Å². The fourth-order valence-electron chi connectivity index (χ4n) is 3.92. The molecule has 5 rings (SSSR count). The molecule has 0 saturated heterocycles. The van der Waals surface area contributed by atoms with Gasteiger partial charge in [0.05, 0.1) is 23.3 Å². The quantitative estimate of drug-likeness (QED) is 0.560. The average Bonchev–Trinajstić information content (AvgIpc) is 3.39. The minimum absolute atomic E-state index is 0.0467. The summed E-state index contributed by atoms with van der Waals surface area (Å²) in [6, 6.07) is 14.0. The number of hydrogen-bond acceptors (Lipinski definition) is 5. The summed E-state index contributed by atoms with van der Waals surface area (Å²) in [6.45, 7) is 2.21. The number of benzene rings is 2. The Morgan fingerprint density at radius 1 is 1.25 bits per heavy atom. The minimum atomic E-state index is -0.0467. The highest BCUT2D eigenvalue weighted by Gasteiger charge is 2.28. The van der Waals surface area contributed by atoms with Gasteiger partial charge in [-0.1, -0.05) is 13.0 Å². The summed E-state index contributed by atoms with van der Waals surface area (Å²) >= 11 is 0. The van der Waals surface area contributed by atoms with Crippen molar-refractivity contribution < 1.29 is 9.15 Å². The van der Waals surface area contributed by atoms with Crippen molar-refractivity contribution in [2.75, 3.05) is 0 Å². The molecule has 138 valence electrons. The molecule has 6 nitrogen and oxygen atoms in total. The lowest BCUT2D eigenvalue weighted by Crippen LogP contribution is -2.23. The van der Waals surface area contributed by atoms with Crippen molar-refractivity contribution in [3.8, 4) is 23.3 Å². The summed E-state index contributed by atoms with van der Waals surface area (Å²) in [5.74, 6) is 1.78. The van der Waals surface area contributed by atoms with Gasteiger partial charge in [-0.15, -0.1) is 0 Å². The largest absolute Gasteiger partial charge is 0.485 e. The van der Waals surface area contributed by atoms with E-state index < -0.39 is 0 Å². The van der Waals surface area contributed by atoms with Gasteiger partial charge in [-0.2, -0.15) is 10.4 Å². The first-order valence-corrected chi connectivity index (χ1v) is 9.29. The molecule has 0 radical (unpaired) electrons. The maximum Gasteiger partial charge on any atom is 0.181 e. The smallest absolute Gasteiger partial charge is 0.181 e. The van der Waals surface area contributed by atoms with Gasteiger partial charge < -0.3 is 9.15 Å². The lowest BCUT2D eigenvalue weighted by atomic mass is 9.81. The molecule has 28 heavy (non-hydrogen) atoms. The molecule has 0 saturated carbocycles. The van der Waals surface area contributed by atoms with Crippen LogP contribution in [0.25, 0.3) is 22.4 Å². The summed E-state index contributed by atoms with van der Waals surface area (Å²) in [5, 5.41) is 17.5. The van der Waals surface area contributed by atoms with Crippen LogP contribution in [-0.4, -0.2) is 15.2 Å². The highest BCUT2D eigenvalue weighted by Crippen LogP contribution is 2.39. The van der Waals surface area contributed by atoms with E-state index in [-0.39, 0.29) is 6.10 Å². The Hall–Kier alpha value is -3.59. The normalized spacial score (nSPS) is 18.6. The van der Waals surface area contributed by atoms with Crippen LogP contribution in [0, 0.1) is 17.2 Å². The summed E-state index contributed by atoms with van der Waals surface area (Å²) < 4.78 is 11.8. The third kappa shape index (κ3) is 2.72. The van der Waals surface area contributed by atoms with E-state index in [1.54, 1.807) is 6.20 Å². The molecule has 1 N–H and O–H groups in total. The van der Waals surface area contributed by atoms with Crippen molar-refractivity contribution >= 4 is 10.9 Å². The second-order valence-electron chi connectivity index (χ2n) is 7.23. The Balaban J connectivity index is 1.52. The van der Waals surface area contributed by atoms with Crippen molar-refractivity contribution in [2.45, 2.75) is 25.9 Å². The molecular weight excluding hydrogens is 352 g/mol. The highest BCUT2D eigenvalue weighted by atomic mass is 16.5. The number of H-pyrrole nitrogens is 1. The zero-order valence-electron chi connectivity index (χ0n) is 15.3. The van der Waals surface area contributed by atoms with Gasteiger partial charge in [0.15, 0.2) is 12.2 Å². The molecule has 4 aromatic rings. The number of nitrogens with zero attached hydrogens (tertiary/aromatic N) is 3. The number of aromatic nitrogens is 3. The third-order valence-corrected chi connectivity index (χ3v) is 5.43. The van der Waals surface area contributed by atoms with E-state index in [9.17, 15) is 5.26 Å². The van der Waals surface area contributed by atoms with Gasteiger partial charge in [-0.25, -0.2) is 4.98 Å². The van der Waals surface area contributed by atoms with Crippen molar-refractivity contribution in [3.05, 3.63) is 65.7 Å². The Morgan fingerprint density at radius 3 is 3.00 bits per heavy atom. The number of aromatic amines is 1. The number of nitrogens with one attached hydrogen (secondary N) is 1. The molecule has 2 heterocycles. The van der Waals surface area contributed by atoms with Crippen LogP contribution in [0.4, 0.5) is 0 Å². The monoisotopic (exact) mass is 370 g/mol. The molecule has 0 fully saturated rings. The van der Waals surface area contributed by atoms with Crippen LogP contribution in [0.5, 0.6) is 5.75 Å². The predicted molar refractivity (Wildman–Crippen MR) is 104 cm³/mol. The summed E-state index contributed by atoms with van der Waals surface area (Å²) in [4.78, 5) is 3.98. The van der Waals surface area contributed by atoms with Crippen LogP contribution in [-0.2, 0) is 6.42 Å². The zero-order chi connectivity index (χ0) is 19.1. The Labute approximate surface area is 161 Å². The van der Waals surface area contributed by atoms with Gasteiger partial charge in [0.1, 0.15) is 17.5 Å². The molecule has 2 atom stereocenters. The number of hydrogen-bond donors (Lipinski definition) is 1. The molecule has 6 heteroatoms. The fraction of sp³-hybridized carbons (Fsp3) is 0.227. The van der Waals surface area contributed by atoms with Gasteiger partial charge in [0, 0.05) is 5.39 Å². The van der Waals surface area contributed by atoms with E-state index in [0.29, 0.717) is 22.9 Å². The van der Waals surface area contributed by atoms with Crippen molar-refractivity contribution in [1.82, 2.24) is 15.2 Å². The van der Waals surface area contributed by atoms with Crippen molar-refractivity contribution in [3.63, 3.8) is 0 Å². The lowest BCUT2D eigenvalue weighted by molar-refractivity contribution is 0.129. The summed E-state index contributed by atoms with van der Waals surface area (Å²) in [5.41, 5.74) is 4.70. The van der Waals surface area contributed by atoms with E-state index in [2.05, 4.69) is 28.2 Å². The van der Waals surface area contributed by atoms with Crippen LogP contribution >= 0.6 is 0 Å². The Kier molecular flexibility index (Phi) is 3.87. The highest BCUT2D eigenvalue weighted by molar-refractivity contribution is 5.92. The first-order valence-electron chi connectivity index (χ1n) is 9.29. The van der Waals surface area contributed by atoms with Crippen LogP contribution in [0.15, 0.2) is 53.4 Å². The average molecular weight is 370 g/mol. The van der Waals surface area contributed by atoms with Gasteiger partial charge in [-0.3, -0.25) is 5.10 Å². The molecule has 0 amide bonds. The molecular formula is C22H18N4O2. The van der Waals surface area contributed by atoms with Crippen LogP contribution < -0.4 is 4.74 Å². The van der Waals surface area contributed by atoms with Crippen LogP contribution in [0.3, 0.4) is 0 Å². The molecule has 0 unspecified atom stereocenters. The van der Waals surface area contributed by atoms with Gasteiger partial charge in [-0.05, 0) is 60.2 Å². The number of oxazole rings is 1. The molecule has 0 bridgehead atoms. The SMILES string of the molecule is C[C@@H]1CCc2cc(C#N)ccc2[C@H]1Oc1ccc2[nH]nc(-c3cnco3)c2c1. The number of nitriles is 1. The van der Waals surface area contributed by atoms with E-state index in [4.69, 9.17) is 9.15 Å². The Morgan fingerprint density at radius 2 is 2.18 bits per heavy atom. The molecule has 1 aliphatic rings. The number of fused-ring (bicyclic) bond motifs is 2. The first-order chi connectivity index (χ1) is 13.7. The second kappa shape index (κ2) is 6.54. The molecule has 0 aliphatic heterocycles. The number of rotatable bonds is 3. The Bertz CT molecular complexity index is 1190. The van der Waals surface area contributed by atoms with E-state index >= 15 is 0 Å². The van der Waals surface area contributed by atoms with E-state index in [1.165, 1.54) is 17.5 Å². The molecule has 0 spiro atoms. The van der Waals surface area contributed by atoms with Gasteiger partial charge in [0.2, 0.25) is 0 Å². The fourth-order valence-corrected chi connectivity index (χ4v) is 3.92. The summed E-state index contributed by atoms with van der Waals surface area (Å²) in [7, 11) is 0. The topological polar surface area (TPSA) is 87.7 Å². The van der Waals surface area contributed by atoms with E-state index in [0.717, 1.165) is 29.5 Å². The van der Waals surface area contributed by atoms with Gasteiger partial charge in [0.25, 0.3) is 0 Å². The lowest BCUT2D eigenvalue weighted by Gasteiger charge is -2.32. The van der Waals surface area contributed by atoms with Crippen LogP contribution in [0.2, 0.25) is 0 Å². The zero-order valence-corrected chi connectivity index (χ0v) is 15.3. The first kappa shape index (κ1) is 16.6. The summed E-state index contributed by atoms with van der Waals surface area (Å²) in [6.07, 6.45) is 5.00. The third-order valence-electron chi connectivity index (χ3n) is 5.43. The number of ether oxygens (including phenoxy) is 1. The van der Waals surface area contributed by atoms with Gasteiger partial charge >= 0.3 is 0 Å².